The van der Waals surface area contributed by atoms with Crippen molar-refractivity contribution in [1.29, 1.82) is 0 Å². The second-order valence-electron chi connectivity index (χ2n) is 11.6. The molecule has 246 valence electrons. The molecular formula is C37H40ClN3O5S. The van der Waals surface area contributed by atoms with Gasteiger partial charge in [-0.1, -0.05) is 97.2 Å². The Labute approximate surface area is 282 Å². The number of benzene rings is 4. The van der Waals surface area contributed by atoms with Crippen molar-refractivity contribution >= 4 is 39.1 Å². The van der Waals surface area contributed by atoms with E-state index in [1.165, 1.54) is 17.0 Å². The van der Waals surface area contributed by atoms with Crippen LogP contribution in [0.3, 0.4) is 0 Å². The highest BCUT2D eigenvalue weighted by molar-refractivity contribution is 7.92. The topological polar surface area (TPSA) is 96.0 Å². The van der Waals surface area contributed by atoms with Gasteiger partial charge in [0.25, 0.3) is 10.0 Å². The Hall–Kier alpha value is -4.34. The summed E-state index contributed by atoms with van der Waals surface area (Å²) in [6.07, 6.45) is 4.06. The third-order valence-electron chi connectivity index (χ3n) is 8.26. The number of hydrogen-bond acceptors (Lipinski definition) is 5. The molecule has 0 radical (unpaired) electrons. The normalized spacial score (nSPS) is 13.9. The number of ether oxygens (including phenoxy) is 1. The number of sulfonamides is 1. The molecule has 0 unspecified atom stereocenters. The predicted molar refractivity (Wildman–Crippen MR) is 185 cm³/mol. The van der Waals surface area contributed by atoms with Crippen molar-refractivity contribution in [2.75, 3.05) is 17.5 Å². The van der Waals surface area contributed by atoms with E-state index in [-0.39, 0.29) is 35.5 Å². The third kappa shape index (κ3) is 8.73. The second-order valence-corrected chi connectivity index (χ2v) is 13.9. The monoisotopic (exact) mass is 673 g/mol. The van der Waals surface area contributed by atoms with Gasteiger partial charge < -0.3 is 15.0 Å². The van der Waals surface area contributed by atoms with Crippen LogP contribution >= 0.6 is 11.6 Å². The first-order chi connectivity index (χ1) is 22.8. The smallest absolute Gasteiger partial charge is 0.264 e. The van der Waals surface area contributed by atoms with Gasteiger partial charge in [0.15, 0.2) is 0 Å². The SMILES string of the molecule is CCOc1ccccc1N(CC(=O)N(Cc1cccc(Cl)c1)[C@H](Cc1ccccc1)C(=O)NC1CCCC1)S(=O)(=O)c1ccccc1. The molecule has 1 saturated carbocycles. The summed E-state index contributed by atoms with van der Waals surface area (Å²) in [5, 5.41) is 3.68. The lowest BCUT2D eigenvalue weighted by atomic mass is 10.0. The Morgan fingerprint density at radius 1 is 0.872 bits per heavy atom. The average molecular weight is 674 g/mol. The van der Waals surface area contributed by atoms with Gasteiger partial charge in [-0.05, 0) is 67.3 Å². The summed E-state index contributed by atoms with van der Waals surface area (Å²) in [5.41, 5.74) is 1.81. The van der Waals surface area contributed by atoms with Gasteiger partial charge in [0.2, 0.25) is 11.8 Å². The van der Waals surface area contributed by atoms with E-state index in [0.29, 0.717) is 22.9 Å². The lowest BCUT2D eigenvalue weighted by Gasteiger charge is -2.34. The van der Waals surface area contributed by atoms with Crippen molar-refractivity contribution in [3.8, 4) is 5.75 Å². The van der Waals surface area contributed by atoms with E-state index in [0.717, 1.165) is 35.6 Å². The Bertz CT molecular complexity index is 1750. The van der Waals surface area contributed by atoms with Crippen molar-refractivity contribution in [1.82, 2.24) is 10.2 Å². The highest BCUT2D eigenvalue weighted by atomic mass is 35.5. The maximum Gasteiger partial charge on any atom is 0.264 e. The zero-order valence-corrected chi connectivity index (χ0v) is 28.0. The quantitative estimate of drug-likeness (QED) is 0.162. The van der Waals surface area contributed by atoms with Gasteiger partial charge in [0.1, 0.15) is 18.3 Å². The highest BCUT2D eigenvalue weighted by Crippen LogP contribution is 2.33. The Morgan fingerprint density at radius 2 is 1.51 bits per heavy atom. The summed E-state index contributed by atoms with van der Waals surface area (Å²) < 4.78 is 35.5. The highest BCUT2D eigenvalue weighted by Gasteiger charge is 2.36. The van der Waals surface area contributed by atoms with E-state index >= 15 is 0 Å². The lowest BCUT2D eigenvalue weighted by molar-refractivity contribution is -0.140. The maximum absolute atomic E-state index is 14.7. The molecule has 2 amide bonds. The molecule has 10 heteroatoms. The van der Waals surface area contributed by atoms with Gasteiger partial charge in [-0.3, -0.25) is 13.9 Å². The number of hydrogen-bond donors (Lipinski definition) is 1. The first-order valence-electron chi connectivity index (χ1n) is 15.9. The van der Waals surface area contributed by atoms with Crippen LogP contribution in [0.1, 0.15) is 43.7 Å². The molecule has 5 rings (SSSR count). The van der Waals surface area contributed by atoms with E-state index in [4.69, 9.17) is 16.3 Å². The molecule has 0 heterocycles. The Kier molecular flexibility index (Phi) is 11.6. The van der Waals surface area contributed by atoms with Crippen LogP contribution in [0.5, 0.6) is 5.75 Å². The van der Waals surface area contributed by atoms with E-state index < -0.39 is 28.5 Å². The minimum absolute atomic E-state index is 0.0249. The number of anilines is 1. The van der Waals surface area contributed by atoms with Crippen LogP contribution in [0.4, 0.5) is 5.69 Å². The summed E-state index contributed by atoms with van der Waals surface area (Å²) in [7, 11) is -4.24. The van der Waals surface area contributed by atoms with Crippen molar-refractivity contribution in [2.45, 2.75) is 62.6 Å². The van der Waals surface area contributed by atoms with Crippen LogP contribution in [0.2, 0.25) is 5.02 Å². The molecule has 1 N–H and O–H groups in total. The first kappa shape index (κ1) is 34.0. The van der Waals surface area contributed by atoms with Crippen molar-refractivity contribution < 1.29 is 22.7 Å². The molecule has 0 aliphatic heterocycles. The molecule has 1 fully saturated rings. The second kappa shape index (κ2) is 16.0. The minimum Gasteiger partial charge on any atom is -0.492 e. The Morgan fingerprint density at radius 3 is 2.19 bits per heavy atom. The number of nitrogens with one attached hydrogen (secondary N) is 1. The molecular weight excluding hydrogens is 634 g/mol. The van der Waals surface area contributed by atoms with E-state index in [1.807, 2.05) is 43.3 Å². The summed E-state index contributed by atoms with van der Waals surface area (Å²) in [6, 6.07) is 30.5. The lowest BCUT2D eigenvalue weighted by Crippen LogP contribution is -2.54. The molecule has 0 spiro atoms. The third-order valence-corrected chi connectivity index (χ3v) is 10.3. The summed E-state index contributed by atoms with van der Waals surface area (Å²) in [5.74, 6) is -0.495. The Balaban J connectivity index is 1.59. The van der Waals surface area contributed by atoms with Gasteiger partial charge in [-0.25, -0.2) is 8.42 Å². The predicted octanol–water partition coefficient (Wildman–Crippen LogP) is 6.63. The molecule has 4 aromatic rings. The molecule has 47 heavy (non-hydrogen) atoms. The molecule has 0 saturated heterocycles. The number of carbonyl (C=O) groups excluding carboxylic acids is 2. The zero-order valence-electron chi connectivity index (χ0n) is 26.4. The van der Waals surface area contributed by atoms with Crippen LogP contribution in [0.15, 0.2) is 114 Å². The number of rotatable bonds is 14. The van der Waals surface area contributed by atoms with Crippen LogP contribution in [0, 0.1) is 0 Å². The molecule has 1 atom stereocenters. The van der Waals surface area contributed by atoms with Gasteiger partial charge in [0.05, 0.1) is 17.2 Å². The standard InChI is InChI=1S/C37H40ClN3O5S/c1-2-46-35-23-12-11-22-33(35)41(47(44,45)32-20-7-4-8-21-32)27-36(42)40(26-29-16-13-17-30(38)24-29)34(25-28-14-5-3-6-15-28)37(43)39-31-18-9-10-19-31/h3-8,11-17,20-24,31,34H,2,9-10,18-19,25-27H2,1H3,(H,39,43)/t34-/m1/s1. The number of halogens is 1. The van der Waals surface area contributed by atoms with Crippen LogP contribution in [-0.4, -0.2) is 50.4 Å². The van der Waals surface area contributed by atoms with Crippen LogP contribution in [0.25, 0.3) is 0 Å². The van der Waals surface area contributed by atoms with Crippen molar-refractivity contribution in [2.24, 2.45) is 0 Å². The maximum atomic E-state index is 14.7. The van der Waals surface area contributed by atoms with E-state index in [1.54, 1.807) is 60.7 Å². The molecule has 0 aromatic heterocycles. The van der Waals surface area contributed by atoms with Crippen molar-refractivity contribution in [3.05, 3.63) is 125 Å². The van der Waals surface area contributed by atoms with Gasteiger partial charge in [0, 0.05) is 24.0 Å². The van der Waals surface area contributed by atoms with Crippen molar-refractivity contribution in [3.63, 3.8) is 0 Å². The molecule has 0 bridgehead atoms. The van der Waals surface area contributed by atoms with E-state index in [9.17, 15) is 18.0 Å². The molecule has 4 aromatic carbocycles. The van der Waals surface area contributed by atoms with Gasteiger partial charge in [-0.2, -0.15) is 0 Å². The number of amides is 2. The minimum atomic E-state index is -4.24. The first-order valence-corrected chi connectivity index (χ1v) is 17.8. The van der Waals surface area contributed by atoms with Crippen LogP contribution < -0.4 is 14.4 Å². The fourth-order valence-corrected chi connectivity index (χ4v) is 7.59. The van der Waals surface area contributed by atoms with E-state index in [2.05, 4.69) is 5.32 Å². The van der Waals surface area contributed by atoms with Gasteiger partial charge >= 0.3 is 0 Å². The fraction of sp³-hybridized carbons (Fsp3) is 0.297. The molecule has 1 aliphatic rings. The molecule has 1 aliphatic carbocycles. The number of nitrogens with zero attached hydrogens (tertiary/aromatic N) is 2. The summed E-state index contributed by atoms with van der Waals surface area (Å²) >= 11 is 6.35. The average Bonchev–Trinajstić information content (AvgIpc) is 3.59. The van der Waals surface area contributed by atoms with Crippen LogP contribution in [-0.2, 0) is 32.6 Å². The van der Waals surface area contributed by atoms with Gasteiger partial charge in [-0.15, -0.1) is 0 Å². The largest absolute Gasteiger partial charge is 0.492 e. The number of carbonyl (C=O) groups is 2. The fourth-order valence-electron chi connectivity index (χ4n) is 5.93. The summed E-state index contributed by atoms with van der Waals surface area (Å²) in [6.45, 7) is 1.58. The number of para-hydroxylation sites is 2. The zero-order chi connectivity index (χ0) is 33.2. The molecule has 8 nitrogen and oxygen atoms in total. The summed E-state index contributed by atoms with van der Waals surface area (Å²) in [4.78, 5) is 30.4.